The summed E-state index contributed by atoms with van der Waals surface area (Å²) in [5.74, 6) is -0.438. The van der Waals surface area contributed by atoms with Gasteiger partial charge in [0.15, 0.2) is 11.6 Å². The lowest BCUT2D eigenvalue weighted by Crippen LogP contribution is -2.15. The SMILES string of the molecule is Cc1cc(C)c(C(=N)N)c(Oc2ccccc2F)n1. The highest BCUT2D eigenvalue weighted by atomic mass is 19.1. The van der Waals surface area contributed by atoms with Crippen molar-refractivity contribution in [2.24, 2.45) is 5.73 Å². The van der Waals surface area contributed by atoms with Crippen molar-refractivity contribution in [3.8, 4) is 11.6 Å². The fourth-order valence-electron chi connectivity index (χ4n) is 1.84. The monoisotopic (exact) mass is 259 g/mol. The molecule has 5 heteroatoms. The van der Waals surface area contributed by atoms with Gasteiger partial charge in [0, 0.05) is 5.69 Å². The third-order valence-corrected chi connectivity index (χ3v) is 2.62. The molecule has 0 bridgehead atoms. The summed E-state index contributed by atoms with van der Waals surface area (Å²) in [7, 11) is 0. The Kier molecular flexibility index (Phi) is 3.46. The van der Waals surface area contributed by atoms with Crippen LogP contribution in [-0.2, 0) is 0 Å². The van der Waals surface area contributed by atoms with Gasteiger partial charge in [-0.05, 0) is 37.6 Å². The second-order valence-corrected chi connectivity index (χ2v) is 4.21. The summed E-state index contributed by atoms with van der Waals surface area (Å²) >= 11 is 0. The van der Waals surface area contributed by atoms with Gasteiger partial charge in [-0.3, -0.25) is 5.41 Å². The lowest BCUT2D eigenvalue weighted by molar-refractivity contribution is 0.425. The van der Waals surface area contributed by atoms with Gasteiger partial charge in [-0.1, -0.05) is 12.1 Å². The van der Waals surface area contributed by atoms with Crippen molar-refractivity contribution in [3.05, 3.63) is 53.0 Å². The standard InChI is InChI=1S/C14H14FN3O/c1-8-7-9(2)18-14(12(8)13(16)17)19-11-6-4-3-5-10(11)15/h3-7H,1-2H3,(H3,16,17). The van der Waals surface area contributed by atoms with E-state index in [9.17, 15) is 4.39 Å². The highest BCUT2D eigenvalue weighted by Crippen LogP contribution is 2.27. The molecular weight excluding hydrogens is 245 g/mol. The number of aromatic nitrogens is 1. The molecular formula is C14H14FN3O. The Morgan fingerprint density at radius 3 is 2.63 bits per heavy atom. The number of halogens is 1. The first-order valence-electron chi connectivity index (χ1n) is 5.74. The molecule has 0 atom stereocenters. The number of ether oxygens (including phenoxy) is 1. The van der Waals surface area contributed by atoms with Gasteiger partial charge in [-0.25, -0.2) is 9.37 Å². The van der Waals surface area contributed by atoms with Crippen LogP contribution in [0.2, 0.25) is 0 Å². The largest absolute Gasteiger partial charge is 0.435 e. The molecule has 0 aliphatic carbocycles. The minimum Gasteiger partial charge on any atom is -0.435 e. The predicted molar refractivity (Wildman–Crippen MR) is 71.2 cm³/mol. The van der Waals surface area contributed by atoms with Crippen LogP contribution in [0.4, 0.5) is 4.39 Å². The smallest absolute Gasteiger partial charge is 0.230 e. The van der Waals surface area contributed by atoms with E-state index in [2.05, 4.69) is 4.98 Å². The van der Waals surface area contributed by atoms with Gasteiger partial charge in [0.25, 0.3) is 0 Å². The van der Waals surface area contributed by atoms with Gasteiger partial charge >= 0.3 is 0 Å². The average Bonchev–Trinajstić information content (AvgIpc) is 2.30. The maximum Gasteiger partial charge on any atom is 0.230 e. The van der Waals surface area contributed by atoms with Crippen molar-refractivity contribution in [1.82, 2.24) is 4.98 Å². The molecule has 2 aromatic rings. The molecule has 1 aromatic heterocycles. The minimum absolute atomic E-state index is 0.0579. The Balaban J connectivity index is 2.51. The number of hydrogen-bond acceptors (Lipinski definition) is 3. The van der Waals surface area contributed by atoms with Crippen LogP contribution in [0.5, 0.6) is 11.6 Å². The Bertz CT molecular complexity index is 641. The van der Waals surface area contributed by atoms with Crippen molar-refractivity contribution in [1.29, 1.82) is 5.41 Å². The van der Waals surface area contributed by atoms with E-state index in [1.165, 1.54) is 12.1 Å². The quantitative estimate of drug-likeness (QED) is 0.657. The van der Waals surface area contributed by atoms with E-state index in [0.717, 1.165) is 5.56 Å². The zero-order valence-corrected chi connectivity index (χ0v) is 10.7. The number of pyridine rings is 1. The summed E-state index contributed by atoms with van der Waals surface area (Å²) in [4.78, 5) is 4.18. The first kappa shape index (κ1) is 13.0. The van der Waals surface area contributed by atoms with E-state index in [1.54, 1.807) is 32.0 Å². The number of rotatable bonds is 3. The Morgan fingerprint density at radius 2 is 2.00 bits per heavy atom. The van der Waals surface area contributed by atoms with Crippen LogP contribution in [0.1, 0.15) is 16.8 Å². The molecule has 0 saturated heterocycles. The van der Waals surface area contributed by atoms with Gasteiger partial charge in [0.05, 0.1) is 5.56 Å². The maximum atomic E-state index is 13.6. The third kappa shape index (κ3) is 2.70. The normalized spacial score (nSPS) is 10.3. The molecule has 0 spiro atoms. The average molecular weight is 259 g/mol. The molecule has 0 aliphatic rings. The molecule has 1 heterocycles. The summed E-state index contributed by atoms with van der Waals surface area (Å²) < 4.78 is 19.0. The summed E-state index contributed by atoms with van der Waals surface area (Å²) in [5, 5.41) is 7.57. The lowest BCUT2D eigenvalue weighted by atomic mass is 10.1. The number of aryl methyl sites for hydroxylation is 2. The Hall–Kier alpha value is -2.43. The van der Waals surface area contributed by atoms with Crippen LogP contribution in [0.25, 0.3) is 0 Å². The highest BCUT2D eigenvalue weighted by molar-refractivity contribution is 5.98. The number of para-hydroxylation sites is 1. The van der Waals surface area contributed by atoms with Crippen molar-refractivity contribution >= 4 is 5.84 Å². The molecule has 1 aromatic carbocycles. The topological polar surface area (TPSA) is 72.0 Å². The van der Waals surface area contributed by atoms with Crippen molar-refractivity contribution < 1.29 is 9.13 Å². The zero-order chi connectivity index (χ0) is 14.0. The molecule has 2 rings (SSSR count). The molecule has 0 amide bonds. The van der Waals surface area contributed by atoms with Crippen molar-refractivity contribution in [2.75, 3.05) is 0 Å². The van der Waals surface area contributed by atoms with Crippen LogP contribution < -0.4 is 10.5 Å². The summed E-state index contributed by atoms with van der Waals surface area (Å²) in [5.41, 5.74) is 7.40. The molecule has 98 valence electrons. The van der Waals surface area contributed by atoms with Crippen molar-refractivity contribution in [2.45, 2.75) is 13.8 Å². The Morgan fingerprint density at radius 1 is 1.32 bits per heavy atom. The second kappa shape index (κ2) is 5.06. The summed E-state index contributed by atoms with van der Waals surface area (Å²) in [6.07, 6.45) is 0. The van der Waals surface area contributed by atoms with E-state index in [-0.39, 0.29) is 17.5 Å². The molecule has 4 nitrogen and oxygen atoms in total. The number of amidine groups is 1. The lowest BCUT2D eigenvalue weighted by Gasteiger charge is -2.12. The second-order valence-electron chi connectivity index (χ2n) is 4.21. The van der Waals surface area contributed by atoms with Gasteiger partial charge < -0.3 is 10.5 Å². The van der Waals surface area contributed by atoms with E-state index >= 15 is 0 Å². The summed E-state index contributed by atoms with van der Waals surface area (Å²) in [6, 6.07) is 7.83. The van der Waals surface area contributed by atoms with E-state index in [0.29, 0.717) is 11.3 Å². The molecule has 0 aliphatic heterocycles. The number of nitrogens with two attached hydrogens (primary N) is 1. The molecule has 19 heavy (non-hydrogen) atoms. The van der Waals surface area contributed by atoms with Crippen LogP contribution in [0.3, 0.4) is 0 Å². The van der Waals surface area contributed by atoms with Crippen molar-refractivity contribution in [3.63, 3.8) is 0 Å². The molecule has 0 saturated carbocycles. The van der Waals surface area contributed by atoms with Crippen LogP contribution in [-0.4, -0.2) is 10.8 Å². The van der Waals surface area contributed by atoms with E-state index in [4.69, 9.17) is 15.9 Å². The first-order chi connectivity index (χ1) is 8.99. The number of benzene rings is 1. The fraction of sp³-hybridized carbons (Fsp3) is 0.143. The summed E-state index contributed by atoms with van der Waals surface area (Å²) in [6.45, 7) is 3.60. The van der Waals surface area contributed by atoms with Gasteiger partial charge in [-0.2, -0.15) is 0 Å². The third-order valence-electron chi connectivity index (χ3n) is 2.62. The predicted octanol–water partition coefficient (Wildman–Crippen LogP) is 2.91. The maximum absolute atomic E-state index is 13.6. The number of nitrogens with zero attached hydrogens (tertiary/aromatic N) is 1. The zero-order valence-electron chi connectivity index (χ0n) is 10.7. The fourth-order valence-corrected chi connectivity index (χ4v) is 1.84. The van der Waals surface area contributed by atoms with Gasteiger partial charge in [0.1, 0.15) is 5.84 Å². The molecule has 0 unspecified atom stereocenters. The minimum atomic E-state index is -0.488. The molecule has 0 radical (unpaired) electrons. The highest BCUT2D eigenvalue weighted by Gasteiger charge is 2.15. The number of hydrogen-bond donors (Lipinski definition) is 2. The van der Waals surface area contributed by atoms with Crippen LogP contribution in [0.15, 0.2) is 30.3 Å². The number of nitrogen functional groups attached to an aromatic ring is 1. The first-order valence-corrected chi connectivity index (χ1v) is 5.74. The van der Waals surface area contributed by atoms with E-state index in [1.807, 2.05) is 0 Å². The number of nitrogens with one attached hydrogen (secondary N) is 1. The molecule has 0 fully saturated rings. The van der Waals surface area contributed by atoms with E-state index < -0.39 is 5.82 Å². The molecule has 3 N–H and O–H groups in total. The van der Waals surface area contributed by atoms with Crippen LogP contribution in [0, 0.1) is 25.1 Å². The van der Waals surface area contributed by atoms with Gasteiger partial charge in [0.2, 0.25) is 5.88 Å². The van der Waals surface area contributed by atoms with Crippen LogP contribution >= 0.6 is 0 Å². The van der Waals surface area contributed by atoms with Gasteiger partial charge in [-0.15, -0.1) is 0 Å². The Labute approximate surface area is 110 Å².